The summed E-state index contributed by atoms with van der Waals surface area (Å²) in [6, 6.07) is 16.3. The van der Waals surface area contributed by atoms with Gasteiger partial charge in [-0.05, 0) is 35.7 Å². The van der Waals surface area contributed by atoms with Crippen molar-refractivity contribution in [3.05, 3.63) is 88.7 Å². The van der Waals surface area contributed by atoms with E-state index < -0.39 is 9.84 Å². The second-order valence-corrected chi connectivity index (χ2v) is 11.3. The van der Waals surface area contributed by atoms with E-state index in [0.717, 1.165) is 21.3 Å². The molecule has 6 nitrogen and oxygen atoms in total. The third kappa shape index (κ3) is 5.76. The lowest BCUT2D eigenvalue weighted by Crippen LogP contribution is -2.32. The van der Waals surface area contributed by atoms with Crippen LogP contribution in [0.3, 0.4) is 0 Å². The topological polar surface area (TPSA) is 80.2 Å². The quantitative estimate of drug-likeness (QED) is 0.333. The molecule has 0 atom stereocenters. The number of rotatable bonds is 8. The Bertz CT molecular complexity index is 1340. The molecule has 0 aliphatic rings. The Hall–Kier alpha value is -2.81. The van der Waals surface area contributed by atoms with Gasteiger partial charge in [-0.2, -0.15) is 0 Å². The number of carbonyl (C=O) groups excluding carboxylic acids is 1. The van der Waals surface area contributed by atoms with E-state index in [0.29, 0.717) is 15.7 Å². The highest BCUT2D eigenvalue weighted by Gasteiger charge is 2.24. The molecule has 170 valence electrons. The van der Waals surface area contributed by atoms with E-state index in [2.05, 4.69) is 9.97 Å². The molecule has 0 saturated heterocycles. The highest BCUT2D eigenvalue weighted by atomic mass is 35.5. The van der Waals surface area contributed by atoms with Gasteiger partial charge in [0.1, 0.15) is 0 Å². The third-order valence-electron chi connectivity index (χ3n) is 5.14. The molecule has 0 aliphatic heterocycles. The molecule has 1 amide bonds. The first kappa shape index (κ1) is 23.4. The number of pyridine rings is 1. The van der Waals surface area contributed by atoms with Gasteiger partial charge in [0.15, 0.2) is 15.0 Å². The van der Waals surface area contributed by atoms with Gasteiger partial charge in [-0.3, -0.25) is 14.7 Å². The molecule has 0 bridgehead atoms. The van der Waals surface area contributed by atoms with Crippen LogP contribution in [0.25, 0.3) is 10.2 Å². The molecule has 2 heterocycles. The number of hydrogen-bond acceptors (Lipinski definition) is 6. The van der Waals surface area contributed by atoms with Crippen molar-refractivity contribution < 1.29 is 13.2 Å². The summed E-state index contributed by atoms with van der Waals surface area (Å²) in [5.74, 6) is -0.655. The van der Waals surface area contributed by atoms with Crippen molar-refractivity contribution in [1.29, 1.82) is 0 Å². The first-order valence-electron chi connectivity index (χ1n) is 10.3. The Morgan fingerprint density at radius 1 is 1.06 bits per heavy atom. The molecule has 0 N–H and O–H groups in total. The first-order valence-corrected chi connectivity index (χ1v) is 13.3. The summed E-state index contributed by atoms with van der Waals surface area (Å²) in [4.78, 5) is 23.6. The van der Waals surface area contributed by atoms with E-state index >= 15 is 0 Å². The number of sulfone groups is 1. The summed E-state index contributed by atoms with van der Waals surface area (Å²) in [5, 5.41) is 1.05. The van der Waals surface area contributed by atoms with E-state index in [1.165, 1.54) is 16.2 Å². The number of aryl methyl sites for hydroxylation is 1. The number of benzene rings is 2. The summed E-state index contributed by atoms with van der Waals surface area (Å²) >= 11 is 7.68. The third-order valence-corrected chi connectivity index (χ3v) is 8.28. The van der Waals surface area contributed by atoms with Gasteiger partial charge in [0.25, 0.3) is 0 Å². The second kappa shape index (κ2) is 9.99. The molecule has 0 unspecified atom stereocenters. The van der Waals surface area contributed by atoms with Gasteiger partial charge in [-0.1, -0.05) is 65.4 Å². The molecule has 0 fully saturated rings. The van der Waals surface area contributed by atoms with Crippen LogP contribution in [0.15, 0.2) is 67.0 Å². The van der Waals surface area contributed by atoms with Crippen LogP contribution in [0.5, 0.6) is 0 Å². The molecule has 0 spiro atoms. The number of aromatic nitrogens is 2. The van der Waals surface area contributed by atoms with Gasteiger partial charge in [-0.15, -0.1) is 0 Å². The Balaban J connectivity index is 1.59. The van der Waals surface area contributed by atoms with Crippen molar-refractivity contribution in [3.63, 3.8) is 0 Å². The van der Waals surface area contributed by atoms with Crippen LogP contribution in [-0.2, 0) is 26.9 Å². The molecule has 4 aromatic rings. The SMILES string of the molecule is Cc1ccc(Cl)c2sc(N(Cc3cccnc3)C(=O)CCS(=O)(=O)Cc3ccccc3)nc12. The minimum Gasteiger partial charge on any atom is -0.284 e. The molecular weight excluding hydrogens is 478 g/mol. The number of halogens is 1. The highest BCUT2D eigenvalue weighted by molar-refractivity contribution is 7.90. The van der Waals surface area contributed by atoms with Crippen molar-refractivity contribution in [1.82, 2.24) is 9.97 Å². The maximum Gasteiger partial charge on any atom is 0.230 e. The largest absolute Gasteiger partial charge is 0.284 e. The van der Waals surface area contributed by atoms with Crippen molar-refractivity contribution in [3.8, 4) is 0 Å². The van der Waals surface area contributed by atoms with Crippen LogP contribution in [0.1, 0.15) is 23.1 Å². The summed E-state index contributed by atoms with van der Waals surface area (Å²) in [5.41, 5.74) is 3.22. The van der Waals surface area contributed by atoms with E-state index in [9.17, 15) is 13.2 Å². The smallest absolute Gasteiger partial charge is 0.230 e. The monoisotopic (exact) mass is 499 g/mol. The summed E-state index contributed by atoms with van der Waals surface area (Å²) < 4.78 is 26.1. The number of anilines is 1. The van der Waals surface area contributed by atoms with Crippen LogP contribution in [0, 0.1) is 6.92 Å². The Morgan fingerprint density at radius 2 is 1.82 bits per heavy atom. The summed E-state index contributed by atoms with van der Waals surface area (Å²) in [6.07, 6.45) is 3.20. The maximum absolute atomic E-state index is 13.3. The standard InChI is InChI=1S/C24H22ClN3O3S2/c1-17-9-10-20(25)23-22(17)27-24(32-23)28(15-19-8-5-12-26-14-19)21(29)11-13-33(30,31)16-18-6-3-2-4-7-18/h2-10,12,14H,11,13,15-16H2,1H3. The molecule has 2 aromatic heterocycles. The lowest BCUT2D eigenvalue weighted by molar-refractivity contribution is -0.118. The molecule has 0 aliphatic carbocycles. The molecular formula is C24H22ClN3O3S2. The molecule has 9 heteroatoms. The zero-order valence-electron chi connectivity index (χ0n) is 17.9. The van der Waals surface area contributed by atoms with E-state index in [-0.39, 0.29) is 30.4 Å². The van der Waals surface area contributed by atoms with Gasteiger partial charge in [0.05, 0.1) is 33.3 Å². The van der Waals surface area contributed by atoms with Gasteiger partial charge in [-0.25, -0.2) is 13.4 Å². The maximum atomic E-state index is 13.3. The Kier molecular flexibility index (Phi) is 7.07. The predicted octanol–water partition coefficient (Wildman–Crippen LogP) is 5.19. The number of carbonyl (C=O) groups is 1. The van der Waals surface area contributed by atoms with Gasteiger partial charge in [0, 0.05) is 18.8 Å². The minimum atomic E-state index is -3.45. The minimum absolute atomic E-state index is 0.0976. The lowest BCUT2D eigenvalue weighted by Gasteiger charge is -2.20. The van der Waals surface area contributed by atoms with Gasteiger partial charge in [0.2, 0.25) is 5.91 Å². The normalized spacial score (nSPS) is 11.6. The second-order valence-electron chi connectivity index (χ2n) is 7.71. The Labute approximate surface area is 201 Å². The number of hydrogen-bond donors (Lipinski definition) is 0. The fourth-order valence-corrected chi connectivity index (χ4v) is 6.08. The van der Waals surface area contributed by atoms with Crippen molar-refractivity contribution in [2.24, 2.45) is 0 Å². The van der Waals surface area contributed by atoms with Crippen LogP contribution in [0.2, 0.25) is 5.02 Å². The van der Waals surface area contributed by atoms with Crippen molar-refractivity contribution in [2.75, 3.05) is 10.7 Å². The van der Waals surface area contributed by atoms with E-state index in [1.807, 2.05) is 31.2 Å². The zero-order chi connectivity index (χ0) is 23.4. The van der Waals surface area contributed by atoms with Gasteiger partial charge < -0.3 is 0 Å². The number of amides is 1. The lowest BCUT2D eigenvalue weighted by atomic mass is 10.2. The van der Waals surface area contributed by atoms with E-state index in [1.54, 1.807) is 42.7 Å². The summed E-state index contributed by atoms with van der Waals surface area (Å²) in [7, 11) is -3.45. The first-order chi connectivity index (χ1) is 15.8. The fourth-order valence-electron chi connectivity index (χ4n) is 3.42. The summed E-state index contributed by atoms with van der Waals surface area (Å²) in [6.45, 7) is 2.17. The Morgan fingerprint density at radius 3 is 2.52 bits per heavy atom. The number of fused-ring (bicyclic) bond motifs is 1. The highest BCUT2D eigenvalue weighted by Crippen LogP contribution is 2.36. The molecule has 0 radical (unpaired) electrons. The van der Waals surface area contributed by atoms with E-state index in [4.69, 9.17) is 11.6 Å². The number of nitrogens with zero attached hydrogens (tertiary/aromatic N) is 3. The fraction of sp³-hybridized carbons (Fsp3) is 0.208. The predicted molar refractivity (Wildman–Crippen MR) is 133 cm³/mol. The van der Waals surface area contributed by atoms with Gasteiger partial charge >= 0.3 is 0 Å². The van der Waals surface area contributed by atoms with Crippen LogP contribution in [-0.4, -0.2) is 30.0 Å². The number of thiazole rings is 1. The van der Waals surface area contributed by atoms with Crippen molar-refractivity contribution >= 4 is 54.0 Å². The van der Waals surface area contributed by atoms with Crippen molar-refractivity contribution in [2.45, 2.75) is 25.6 Å². The molecule has 0 saturated carbocycles. The average Bonchev–Trinajstić information content (AvgIpc) is 3.26. The molecule has 33 heavy (non-hydrogen) atoms. The van der Waals surface area contributed by atoms with Crippen LogP contribution in [0.4, 0.5) is 5.13 Å². The zero-order valence-corrected chi connectivity index (χ0v) is 20.3. The molecule has 2 aromatic carbocycles. The average molecular weight is 500 g/mol. The van der Waals surface area contributed by atoms with Crippen LogP contribution < -0.4 is 4.90 Å². The van der Waals surface area contributed by atoms with Crippen LogP contribution >= 0.6 is 22.9 Å². The molecule has 4 rings (SSSR count).